The maximum absolute atomic E-state index is 13.5. The standard InChI is InChI=1S/C25H24ClN3O5/c1-12-5-6-15-16(7-12)29-20(28-15)11-27-14-8-13(2)25(19(30)9-14)24(31)21-17(32-3)10-18(33-4)22(26)23(21)34-25/h5-7,9-10,13,27H,8,11H2,1-4H3,(H,28,29). The molecule has 1 spiro atoms. The smallest absolute Gasteiger partial charge is 0.236 e. The third-order valence-electron chi connectivity index (χ3n) is 6.48. The summed E-state index contributed by atoms with van der Waals surface area (Å²) >= 11 is 6.43. The van der Waals surface area contributed by atoms with Crippen molar-refractivity contribution in [3.05, 3.63) is 58.0 Å². The molecule has 0 radical (unpaired) electrons. The van der Waals surface area contributed by atoms with E-state index in [1.807, 2.05) is 32.0 Å². The van der Waals surface area contributed by atoms with Crippen molar-refractivity contribution in [3.63, 3.8) is 0 Å². The number of hydrogen-bond donors (Lipinski definition) is 2. The number of H-pyrrole nitrogens is 1. The molecule has 2 atom stereocenters. The number of rotatable bonds is 5. The highest BCUT2D eigenvalue weighted by Crippen LogP contribution is 2.52. The van der Waals surface area contributed by atoms with Crippen LogP contribution in [0.15, 0.2) is 36.0 Å². The van der Waals surface area contributed by atoms with E-state index in [1.54, 1.807) is 0 Å². The molecule has 0 amide bonds. The Morgan fingerprint density at radius 2 is 2.00 bits per heavy atom. The second-order valence-corrected chi connectivity index (χ2v) is 9.04. The van der Waals surface area contributed by atoms with E-state index in [0.29, 0.717) is 24.4 Å². The summed E-state index contributed by atoms with van der Waals surface area (Å²) in [6.45, 7) is 4.26. The molecule has 0 fully saturated rings. The predicted octanol–water partition coefficient (Wildman–Crippen LogP) is 4.14. The van der Waals surface area contributed by atoms with E-state index in [4.69, 9.17) is 25.8 Å². The van der Waals surface area contributed by atoms with Crippen molar-refractivity contribution in [2.45, 2.75) is 32.4 Å². The average Bonchev–Trinajstić information content (AvgIpc) is 3.36. The van der Waals surface area contributed by atoms with E-state index in [-0.39, 0.29) is 22.1 Å². The number of ketones is 2. The molecule has 1 aromatic heterocycles. The topological polar surface area (TPSA) is 103 Å². The maximum atomic E-state index is 13.5. The summed E-state index contributed by atoms with van der Waals surface area (Å²) in [7, 11) is 2.90. The van der Waals surface area contributed by atoms with Gasteiger partial charge in [0.15, 0.2) is 5.75 Å². The van der Waals surface area contributed by atoms with Crippen molar-refractivity contribution in [3.8, 4) is 17.2 Å². The quantitative estimate of drug-likeness (QED) is 0.528. The molecule has 2 aliphatic rings. The van der Waals surface area contributed by atoms with E-state index >= 15 is 0 Å². The normalized spacial score (nSPS) is 21.4. The van der Waals surface area contributed by atoms with Gasteiger partial charge < -0.3 is 24.5 Å². The first-order chi connectivity index (χ1) is 16.3. The number of carbonyl (C=O) groups is 2. The Morgan fingerprint density at radius 1 is 1.24 bits per heavy atom. The lowest BCUT2D eigenvalue weighted by Gasteiger charge is -2.35. The van der Waals surface area contributed by atoms with Gasteiger partial charge in [0.05, 0.1) is 31.8 Å². The Morgan fingerprint density at radius 3 is 2.71 bits per heavy atom. The van der Waals surface area contributed by atoms with E-state index in [2.05, 4.69) is 15.3 Å². The van der Waals surface area contributed by atoms with Gasteiger partial charge in [0.2, 0.25) is 17.2 Å². The van der Waals surface area contributed by atoms with Crippen LogP contribution in [0.4, 0.5) is 0 Å². The van der Waals surface area contributed by atoms with E-state index < -0.39 is 23.1 Å². The Labute approximate surface area is 201 Å². The van der Waals surface area contributed by atoms with Crippen molar-refractivity contribution < 1.29 is 23.8 Å². The summed E-state index contributed by atoms with van der Waals surface area (Å²) in [5, 5.41) is 3.41. The molecule has 3 aromatic rings. The lowest BCUT2D eigenvalue weighted by atomic mass is 9.74. The zero-order chi connectivity index (χ0) is 24.2. The number of halogens is 1. The van der Waals surface area contributed by atoms with Gasteiger partial charge in [-0.25, -0.2) is 4.98 Å². The van der Waals surface area contributed by atoms with Crippen LogP contribution in [0.3, 0.4) is 0 Å². The van der Waals surface area contributed by atoms with Crippen LogP contribution in [0, 0.1) is 12.8 Å². The number of Topliss-reactive ketones (excluding diaryl/α,β-unsaturated/α-hetero) is 1. The third kappa shape index (κ3) is 3.24. The van der Waals surface area contributed by atoms with Crippen LogP contribution >= 0.6 is 11.6 Å². The van der Waals surface area contributed by atoms with Crippen molar-refractivity contribution in [1.82, 2.24) is 15.3 Å². The Balaban J connectivity index is 1.42. The average molecular weight is 482 g/mol. The largest absolute Gasteiger partial charge is 0.496 e. The minimum atomic E-state index is -1.69. The molecule has 0 bridgehead atoms. The van der Waals surface area contributed by atoms with Gasteiger partial charge in [0, 0.05) is 23.8 Å². The van der Waals surface area contributed by atoms with Crippen LogP contribution in [0.25, 0.3) is 11.0 Å². The summed E-state index contributed by atoms with van der Waals surface area (Å²) < 4.78 is 16.7. The van der Waals surface area contributed by atoms with Gasteiger partial charge in [-0.05, 0) is 31.0 Å². The molecule has 9 heteroatoms. The molecule has 1 aliphatic carbocycles. The highest BCUT2D eigenvalue weighted by atomic mass is 35.5. The Bertz CT molecular complexity index is 1380. The third-order valence-corrected chi connectivity index (χ3v) is 6.84. The van der Waals surface area contributed by atoms with Crippen molar-refractivity contribution in [2.75, 3.05) is 14.2 Å². The van der Waals surface area contributed by atoms with Gasteiger partial charge in [-0.1, -0.05) is 24.6 Å². The lowest BCUT2D eigenvalue weighted by Crippen LogP contribution is -2.55. The fourth-order valence-corrected chi connectivity index (χ4v) is 4.97. The van der Waals surface area contributed by atoms with E-state index in [0.717, 1.165) is 22.4 Å². The first kappa shape index (κ1) is 22.3. The monoisotopic (exact) mass is 481 g/mol. The zero-order valence-electron chi connectivity index (χ0n) is 19.2. The second kappa shape index (κ2) is 8.06. The number of fused-ring (bicyclic) bond motifs is 2. The van der Waals surface area contributed by atoms with Crippen LogP contribution in [0.1, 0.15) is 35.1 Å². The molecule has 0 saturated carbocycles. The number of benzene rings is 2. The minimum Gasteiger partial charge on any atom is -0.496 e. The van der Waals surface area contributed by atoms with Gasteiger partial charge in [0.25, 0.3) is 0 Å². The molecular formula is C25H24ClN3O5. The highest BCUT2D eigenvalue weighted by Gasteiger charge is 2.60. The number of aromatic nitrogens is 2. The van der Waals surface area contributed by atoms with Crippen molar-refractivity contribution in [1.29, 1.82) is 0 Å². The van der Waals surface area contributed by atoms with Crippen LogP contribution in [-0.4, -0.2) is 41.4 Å². The number of nitrogens with one attached hydrogen (secondary N) is 2. The van der Waals surface area contributed by atoms with E-state index in [9.17, 15) is 9.59 Å². The SMILES string of the molecule is COc1cc(OC)c2c(c1Cl)OC1(C(=O)C=C(NCc3nc4ccc(C)cc4[nH]3)CC1C)C2=O. The Hall–Kier alpha value is -3.52. The fourth-order valence-electron chi connectivity index (χ4n) is 4.71. The molecule has 176 valence electrons. The number of aryl methyl sites for hydroxylation is 1. The maximum Gasteiger partial charge on any atom is 0.236 e. The van der Waals surface area contributed by atoms with Gasteiger partial charge in [-0.15, -0.1) is 0 Å². The molecule has 2 unspecified atom stereocenters. The van der Waals surface area contributed by atoms with Crippen LogP contribution in [-0.2, 0) is 11.3 Å². The molecule has 1 aliphatic heterocycles. The molecule has 8 nitrogen and oxygen atoms in total. The summed E-state index contributed by atoms with van der Waals surface area (Å²) in [5.74, 6) is 0.0914. The van der Waals surface area contributed by atoms with Gasteiger partial charge in [-0.2, -0.15) is 0 Å². The number of nitrogens with zero attached hydrogens (tertiary/aromatic N) is 1. The summed E-state index contributed by atoms with van der Waals surface area (Å²) in [6, 6.07) is 7.54. The molecule has 34 heavy (non-hydrogen) atoms. The molecule has 5 rings (SSSR count). The Kier molecular flexibility index (Phi) is 5.28. The predicted molar refractivity (Wildman–Crippen MR) is 127 cm³/mol. The van der Waals surface area contributed by atoms with E-state index in [1.165, 1.54) is 26.4 Å². The molecule has 0 saturated heterocycles. The summed E-state index contributed by atoms with van der Waals surface area (Å²) in [6.07, 6.45) is 1.87. The van der Waals surface area contributed by atoms with Crippen molar-refractivity contribution in [2.24, 2.45) is 5.92 Å². The molecular weight excluding hydrogens is 458 g/mol. The number of aromatic amines is 1. The highest BCUT2D eigenvalue weighted by molar-refractivity contribution is 6.36. The summed E-state index contributed by atoms with van der Waals surface area (Å²) in [4.78, 5) is 34.8. The van der Waals surface area contributed by atoms with Gasteiger partial charge in [-0.3, -0.25) is 9.59 Å². The molecule has 2 aromatic carbocycles. The second-order valence-electron chi connectivity index (χ2n) is 8.66. The zero-order valence-corrected chi connectivity index (χ0v) is 20.0. The molecule has 2 N–H and O–H groups in total. The minimum absolute atomic E-state index is 0.116. The van der Waals surface area contributed by atoms with Gasteiger partial charge >= 0.3 is 0 Å². The number of imidazole rings is 1. The number of carbonyl (C=O) groups excluding carboxylic acids is 2. The van der Waals surface area contributed by atoms with Crippen LogP contribution < -0.4 is 19.5 Å². The number of ether oxygens (including phenoxy) is 3. The first-order valence-electron chi connectivity index (χ1n) is 10.9. The van der Waals surface area contributed by atoms with Crippen LogP contribution in [0.2, 0.25) is 5.02 Å². The fraction of sp³-hybridized carbons (Fsp3) is 0.320. The number of methoxy groups -OCH3 is 2. The molecule has 2 heterocycles. The number of allylic oxidation sites excluding steroid dienone is 1. The first-order valence-corrected chi connectivity index (χ1v) is 11.3. The van der Waals surface area contributed by atoms with Crippen molar-refractivity contribution >= 4 is 34.2 Å². The number of hydrogen-bond acceptors (Lipinski definition) is 7. The lowest BCUT2D eigenvalue weighted by molar-refractivity contribution is -0.129. The van der Waals surface area contributed by atoms with Crippen LogP contribution in [0.5, 0.6) is 17.2 Å². The van der Waals surface area contributed by atoms with Gasteiger partial charge in [0.1, 0.15) is 27.9 Å². The summed E-state index contributed by atoms with van der Waals surface area (Å²) in [5.41, 5.74) is 2.17.